The molecule has 3 N–H and O–H groups in total. The van der Waals surface area contributed by atoms with Gasteiger partial charge < -0.3 is 24.3 Å². The summed E-state index contributed by atoms with van der Waals surface area (Å²) in [7, 11) is -4.20. The molecule has 3 aromatic rings. The van der Waals surface area contributed by atoms with E-state index in [-0.39, 0.29) is 25.3 Å². The molecule has 2 aromatic carbocycles. The molecular weight excluding hydrogens is 506 g/mol. The van der Waals surface area contributed by atoms with Gasteiger partial charge in [-0.15, -0.1) is 0 Å². The molecule has 2 fully saturated rings. The van der Waals surface area contributed by atoms with Crippen molar-refractivity contribution in [1.29, 1.82) is 5.26 Å². The summed E-state index contributed by atoms with van der Waals surface area (Å²) in [4.78, 5) is 1.89. The van der Waals surface area contributed by atoms with E-state index >= 15 is 0 Å². The van der Waals surface area contributed by atoms with Crippen molar-refractivity contribution in [2.75, 3.05) is 31.1 Å². The van der Waals surface area contributed by atoms with Crippen LogP contribution in [0.3, 0.4) is 0 Å². The van der Waals surface area contributed by atoms with Crippen LogP contribution in [-0.2, 0) is 14.8 Å². The van der Waals surface area contributed by atoms with E-state index < -0.39 is 33.2 Å². The summed E-state index contributed by atoms with van der Waals surface area (Å²) in [5.41, 5.74) is 2.07. The molecule has 2 aliphatic rings. The van der Waals surface area contributed by atoms with Gasteiger partial charge >= 0.3 is 0 Å². The van der Waals surface area contributed by atoms with Crippen LogP contribution in [0.2, 0.25) is 0 Å². The second-order valence-corrected chi connectivity index (χ2v) is 11.5. The first kappa shape index (κ1) is 26.4. The predicted molar refractivity (Wildman–Crippen MR) is 145 cm³/mol. The van der Waals surface area contributed by atoms with Crippen LogP contribution in [0.4, 0.5) is 5.69 Å². The Bertz CT molecular complexity index is 1470. The Labute approximate surface area is 222 Å². The van der Waals surface area contributed by atoms with Gasteiger partial charge in [0.25, 0.3) is 10.0 Å². The number of allylic oxidation sites excluding steroid dienone is 1. The smallest absolute Gasteiger partial charge is 0.250 e. The van der Waals surface area contributed by atoms with Crippen molar-refractivity contribution in [3.63, 3.8) is 0 Å². The average molecular weight is 538 g/mol. The molecule has 3 atom stereocenters. The van der Waals surface area contributed by atoms with Crippen LogP contribution in [0, 0.1) is 11.3 Å². The maximum Gasteiger partial charge on any atom is 0.250 e. The van der Waals surface area contributed by atoms with Crippen molar-refractivity contribution < 1.29 is 27.8 Å². The van der Waals surface area contributed by atoms with Gasteiger partial charge in [0.05, 0.1) is 12.2 Å². The van der Waals surface area contributed by atoms with Crippen LogP contribution in [0.15, 0.2) is 57.9 Å². The van der Waals surface area contributed by atoms with E-state index in [2.05, 4.69) is 27.8 Å². The number of hydrogen-bond donors (Lipinski definition) is 3. The van der Waals surface area contributed by atoms with E-state index in [0.717, 1.165) is 35.5 Å². The van der Waals surface area contributed by atoms with E-state index in [9.17, 15) is 23.9 Å². The van der Waals surface area contributed by atoms with E-state index in [1.165, 1.54) is 24.9 Å². The normalized spacial score (nSPS) is 22.9. The van der Waals surface area contributed by atoms with Crippen molar-refractivity contribution >= 4 is 32.6 Å². The highest BCUT2D eigenvalue weighted by Crippen LogP contribution is 2.30. The number of benzene rings is 2. The van der Waals surface area contributed by atoms with Crippen molar-refractivity contribution in [1.82, 2.24) is 4.72 Å². The molecule has 2 aliphatic heterocycles. The van der Waals surface area contributed by atoms with Crippen LogP contribution >= 0.6 is 0 Å². The molecule has 0 aliphatic carbocycles. The largest absolute Gasteiger partial charge is 0.457 e. The summed E-state index contributed by atoms with van der Waals surface area (Å²) in [5.74, 6) is 0.764. The summed E-state index contributed by atoms with van der Waals surface area (Å²) in [6.07, 6.45) is 2.04. The minimum atomic E-state index is -4.20. The highest BCUT2D eigenvalue weighted by Gasteiger charge is 2.32. The summed E-state index contributed by atoms with van der Waals surface area (Å²) in [6, 6.07) is 17.5. The fourth-order valence-electron chi connectivity index (χ4n) is 4.93. The number of sulfonamides is 1. The van der Waals surface area contributed by atoms with E-state index in [0.29, 0.717) is 5.76 Å². The zero-order valence-electron chi connectivity index (χ0n) is 20.9. The molecule has 38 heavy (non-hydrogen) atoms. The van der Waals surface area contributed by atoms with Crippen LogP contribution in [-0.4, -0.2) is 63.2 Å². The van der Waals surface area contributed by atoms with Crippen molar-refractivity contribution in [2.45, 2.75) is 44.0 Å². The van der Waals surface area contributed by atoms with Gasteiger partial charge in [-0.1, -0.05) is 18.2 Å². The average Bonchev–Trinajstić information content (AvgIpc) is 3.41. The number of nitriles is 1. The number of hydrogen-bond acceptors (Lipinski definition) is 8. The van der Waals surface area contributed by atoms with E-state index in [4.69, 9.17) is 9.15 Å². The van der Waals surface area contributed by atoms with Gasteiger partial charge in [0.1, 0.15) is 23.7 Å². The van der Waals surface area contributed by atoms with Crippen LogP contribution < -0.4 is 9.62 Å². The van der Waals surface area contributed by atoms with Gasteiger partial charge in [0.15, 0.2) is 4.91 Å². The lowest BCUT2D eigenvalue weighted by Crippen LogP contribution is -2.49. The first-order chi connectivity index (χ1) is 18.3. The van der Waals surface area contributed by atoms with Crippen LogP contribution in [0.1, 0.15) is 31.4 Å². The number of aliphatic hydroxyl groups excluding tert-OH is 2. The molecule has 0 unspecified atom stereocenters. The fourth-order valence-corrected chi connectivity index (χ4v) is 5.86. The van der Waals surface area contributed by atoms with Gasteiger partial charge in [0.2, 0.25) is 0 Å². The fraction of sp³-hybridized carbons (Fsp3) is 0.393. The van der Waals surface area contributed by atoms with Crippen molar-refractivity contribution in [2.24, 2.45) is 0 Å². The van der Waals surface area contributed by atoms with Gasteiger partial charge in [-0.3, -0.25) is 0 Å². The molecule has 2 saturated heterocycles. The lowest BCUT2D eigenvalue weighted by atomic mass is 10.0. The Hall–Kier alpha value is -3.20. The Morgan fingerprint density at radius 1 is 1.08 bits per heavy atom. The molecular formula is C28H31N3O6S. The molecule has 0 saturated carbocycles. The third-order valence-electron chi connectivity index (χ3n) is 7.12. The molecule has 200 valence electrons. The first-order valence-electron chi connectivity index (χ1n) is 12.8. The van der Waals surface area contributed by atoms with Gasteiger partial charge in [-0.25, -0.2) is 13.1 Å². The topological polar surface area (TPSA) is 136 Å². The SMILES string of the molecule is N#C/C(=C\c1ccc(-c2ccc3cc(N4CCCCC4)ccc3c2)o1)S(=O)(=O)NC[C@H]1OCC[C@@H](O)[C@@H]1O. The van der Waals surface area contributed by atoms with E-state index in [1.807, 2.05) is 18.2 Å². The first-order valence-corrected chi connectivity index (χ1v) is 14.3. The van der Waals surface area contributed by atoms with Gasteiger partial charge in [-0.05, 0) is 66.8 Å². The minimum absolute atomic E-state index is 0.203. The number of fused-ring (bicyclic) bond motifs is 1. The van der Waals surface area contributed by atoms with Gasteiger partial charge in [0, 0.05) is 43.6 Å². The number of nitrogens with zero attached hydrogens (tertiary/aromatic N) is 2. The molecule has 0 radical (unpaired) electrons. The minimum Gasteiger partial charge on any atom is -0.457 e. The second kappa shape index (κ2) is 11.3. The molecule has 3 heterocycles. The Morgan fingerprint density at radius 3 is 2.63 bits per heavy atom. The highest BCUT2D eigenvalue weighted by atomic mass is 32.2. The lowest BCUT2D eigenvalue weighted by molar-refractivity contribution is -0.131. The molecule has 10 heteroatoms. The number of anilines is 1. The number of nitrogens with one attached hydrogen (secondary N) is 1. The molecule has 1 aromatic heterocycles. The predicted octanol–water partition coefficient (Wildman–Crippen LogP) is 3.38. The summed E-state index contributed by atoms with van der Waals surface area (Å²) >= 11 is 0. The van der Waals surface area contributed by atoms with Crippen LogP contribution in [0.25, 0.3) is 28.2 Å². The summed E-state index contributed by atoms with van der Waals surface area (Å²) in [6.45, 7) is 2.10. The maximum atomic E-state index is 12.7. The zero-order chi connectivity index (χ0) is 26.7. The highest BCUT2D eigenvalue weighted by molar-refractivity contribution is 7.93. The Morgan fingerprint density at radius 2 is 1.84 bits per heavy atom. The standard InChI is InChI=1S/C28H31N3O6S/c29-17-24(38(34,35)30-18-27-28(33)25(32)10-13-36-27)16-23-8-9-26(37-23)21-5-4-20-15-22(7-6-19(20)14-21)31-11-2-1-3-12-31/h4-9,14-16,25,27-28,30,32-33H,1-3,10-13,18H2/b24-16+/t25-,27-,28+/m1/s1. The molecule has 0 bridgehead atoms. The Kier molecular flexibility index (Phi) is 7.83. The number of ether oxygens (including phenoxy) is 1. The third kappa shape index (κ3) is 5.77. The Balaban J connectivity index is 1.30. The zero-order valence-corrected chi connectivity index (χ0v) is 21.7. The van der Waals surface area contributed by atoms with Crippen molar-refractivity contribution in [3.8, 4) is 17.4 Å². The van der Waals surface area contributed by atoms with Crippen molar-refractivity contribution in [3.05, 3.63) is 59.2 Å². The number of rotatable bonds is 7. The van der Waals surface area contributed by atoms with Gasteiger partial charge in [-0.2, -0.15) is 5.26 Å². The summed E-state index contributed by atoms with van der Waals surface area (Å²) < 4.78 is 38.9. The molecule has 0 spiro atoms. The van der Waals surface area contributed by atoms with E-state index in [1.54, 1.807) is 18.2 Å². The quantitative estimate of drug-likeness (QED) is 0.390. The number of piperidine rings is 1. The number of aliphatic hydroxyl groups is 2. The molecule has 5 rings (SSSR count). The second-order valence-electron chi connectivity index (χ2n) is 9.72. The third-order valence-corrected chi connectivity index (χ3v) is 8.46. The molecule has 0 amide bonds. The molecule has 9 nitrogen and oxygen atoms in total. The number of furan rings is 1. The maximum absolute atomic E-state index is 12.7. The van der Waals surface area contributed by atoms with Crippen LogP contribution in [0.5, 0.6) is 0 Å². The lowest BCUT2D eigenvalue weighted by Gasteiger charge is -2.31. The summed E-state index contributed by atoms with van der Waals surface area (Å²) in [5, 5.41) is 31.5. The monoisotopic (exact) mass is 537 g/mol.